The molecule has 6 heteroatoms. The van der Waals surface area contributed by atoms with Gasteiger partial charge in [0.25, 0.3) is 0 Å². The number of nitrogens with zero attached hydrogens (tertiary/aromatic N) is 4. The first-order valence-electron chi connectivity index (χ1n) is 4.10. The summed E-state index contributed by atoms with van der Waals surface area (Å²) in [7, 11) is 0. The van der Waals surface area contributed by atoms with Crippen LogP contribution in [0.4, 0.5) is 0 Å². The predicted octanol–water partition coefficient (Wildman–Crippen LogP) is 1.53. The number of hydrogen-bond acceptors (Lipinski definition) is 4. The van der Waals surface area contributed by atoms with Gasteiger partial charge in [-0.3, -0.25) is 9.36 Å². The second-order valence-electron chi connectivity index (χ2n) is 2.70. The highest BCUT2D eigenvalue weighted by atomic mass is 35.5. The molecule has 2 aromatic rings. The largest absolute Gasteiger partial charge is 0.274 e. The van der Waals surface area contributed by atoms with Gasteiger partial charge in [-0.15, -0.1) is 0 Å². The van der Waals surface area contributed by atoms with Crippen LogP contribution < -0.4 is 0 Å². The number of hydrogen-bond donors (Lipinski definition) is 0. The van der Waals surface area contributed by atoms with Crippen molar-refractivity contribution in [1.29, 1.82) is 0 Å². The Bertz CT molecular complexity index is 493. The Hall–Kier alpha value is -1.49. The maximum atomic E-state index is 11.4. The lowest BCUT2D eigenvalue weighted by atomic mass is 10.4. The minimum Gasteiger partial charge on any atom is -0.274 e. The van der Waals surface area contributed by atoms with Crippen LogP contribution in [0.25, 0.3) is 11.2 Å². The molecular weight excluding hydrogens is 204 g/mol. The number of halogens is 1. The van der Waals surface area contributed by atoms with Crippen molar-refractivity contribution in [2.45, 2.75) is 13.3 Å². The van der Waals surface area contributed by atoms with E-state index >= 15 is 0 Å². The number of fused-ring (bicyclic) bond motifs is 1. The summed E-state index contributed by atoms with van der Waals surface area (Å²) in [4.78, 5) is 23.1. The molecule has 0 fully saturated rings. The minimum absolute atomic E-state index is 0.0673. The topological polar surface area (TPSA) is 60.7 Å². The number of carbonyl (C=O) groups is 1. The SMILES string of the molecule is CCC(=O)n1cnc2c(Cl)ncnc21. The molecule has 0 saturated heterocycles. The van der Waals surface area contributed by atoms with E-state index in [2.05, 4.69) is 15.0 Å². The molecule has 2 rings (SSSR count). The monoisotopic (exact) mass is 210 g/mol. The zero-order chi connectivity index (χ0) is 10.1. The number of imidazole rings is 1. The fourth-order valence-electron chi connectivity index (χ4n) is 1.16. The van der Waals surface area contributed by atoms with Gasteiger partial charge >= 0.3 is 0 Å². The molecule has 0 radical (unpaired) electrons. The zero-order valence-electron chi connectivity index (χ0n) is 7.44. The summed E-state index contributed by atoms with van der Waals surface area (Å²) >= 11 is 5.78. The lowest BCUT2D eigenvalue weighted by Crippen LogP contribution is -2.07. The molecule has 0 aromatic carbocycles. The van der Waals surface area contributed by atoms with Crippen molar-refractivity contribution in [3.8, 4) is 0 Å². The van der Waals surface area contributed by atoms with Gasteiger partial charge in [0, 0.05) is 6.42 Å². The summed E-state index contributed by atoms with van der Waals surface area (Å²) in [6.07, 6.45) is 3.12. The molecule has 0 atom stereocenters. The van der Waals surface area contributed by atoms with Crippen molar-refractivity contribution in [2.75, 3.05) is 0 Å². The highest BCUT2D eigenvalue weighted by Crippen LogP contribution is 2.16. The Labute approximate surface area is 84.8 Å². The molecule has 14 heavy (non-hydrogen) atoms. The summed E-state index contributed by atoms with van der Waals surface area (Å²) in [5, 5.41) is 0.262. The maximum Gasteiger partial charge on any atom is 0.233 e. The van der Waals surface area contributed by atoms with E-state index in [1.165, 1.54) is 17.2 Å². The van der Waals surface area contributed by atoms with Crippen LogP contribution in [-0.2, 0) is 0 Å². The Morgan fingerprint density at radius 1 is 1.50 bits per heavy atom. The number of aromatic nitrogens is 4. The Balaban J connectivity index is 2.70. The molecule has 0 aliphatic carbocycles. The summed E-state index contributed by atoms with van der Waals surface area (Å²) in [5.41, 5.74) is 0.910. The van der Waals surface area contributed by atoms with Crippen LogP contribution in [0.15, 0.2) is 12.7 Å². The quantitative estimate of drug-likeness (QED) is 0.670. The summed E-state index contributed by atoms with van der Waals surface area (Å²) in [5.74, 6) is -0.0673. The fraction of sp³-hybridized carbons (Fsp3) is 0.250. The molecule has 2 aromatic heterocycles. The van der Waals surface area contributed by atoms with E-state index < -0.39 is 0 Å². The molecule has 0 aliphatic heterocycles. The first-order chi connectivity index (χ1) is 6.74. The van der Waals surface area contributed by atoms with E-state index in [0.717, 1.165) is 0 Å². The van der Waals surface area contributed by atoms with E-state index in [4.69, 9.17) is 11.6 Å². The molecule has 0 bridgehead atoms. The lowest BCUT2D eigenvalue weighted by molar-refractivity contribution is 0.0913. The Kier molecular flexibility index (Phi) is 2.17. The summed E-state index contributed by atoms with van der Waals surface area (Å²) < 4.78 is 1.38. The van der Waals surface area contributed by atoms with E-state index in [1.807, 2.05) is 0 Å². The smallest absolute Gasteiger partial charge is 0.233 e. The fourth-order valence-corrected chi connectivity index (χ4v) is 1.34. The molecule has 0 spiro atoms. The van der Waals surface area contributed by atoms with Crippen LogP contribution in [0.2, 0.25) is 5.15 Å². The Morgan fingerprint density at radius 3 is 3.00 bits per heavy atom. The van der Waals surface area contributed by atoms with Crippen molar-refractivity contribution >= 4 is 28.7 Å². The van der Waals surface area contributed by atoms with Gasteiger partial charge in [-0.2, -0.15) is 0 Å². The first-order valence-corrected chi connectivity index (χ1v) is 4.48. The minimum atomic E-state index is -0.0673. The molecule has 0 unspecified atom stereocenters. The van der Waals surface area contributed by atoms with Crippen molar-refractivity contribution in [3.63, 3.8) is 0 Å². The van der Waals surface area contributed by atoms with Crippen molar-refractivity contribution in [2.24, 2.45) is 0 Å². The highest BCUT2D eigenvalue weighted by molar-refractivity contribution is 6.33. The van der Waals surface area contributed by atoms with Gasteiger partial charge in [-0.25, -0.2) is 15.0 Å². The standard InChI is InChI=1S/C8H7ClN4O/c1-2-5(14)13-4-12-6-7(9)10-3-11-8(6)13/h3-4H,2H2,1H3. The van der Waals surface area contributed by atoms with Gasteiger partial charge in [0.1, 0.15) is 18.2 Å². The normalized spacial score (nSPS) is 10.7. The highest BCUT2D eigenvalue weighted by Gasteiger charge is 2.11. The van der Waals surface area contributed by atoms with Crippen LogP contribution in [0.1, 0.15) is 18.1 Å². The van der Waals surface area contributed by atoms with Gasteiger partial charge < -0.3 is 0 Å². The third-order valence-electron chi connectivity index (χ3n) is 1.86. The Morgan fingerprint density at radius 2 is 2.29 bits per heavy atom. The number of carbonyl (C=O) groups excluding carboxylic acids is 1. The van der Waals surface area contributed by atoms with Crippen molar-refractivity contribution in [1.82, 2.24) is 19.5 Å². The molecule has 0 N–H and O–H groups in total. The number of rotatable bonds is 1. The first kappa shape index (κ1) is 9.08. The van der Waals surface area contributed by atoms with Crippen LogP contribution in [-0.4, -0.2) is 25.4 Å². The van der Waals surface area contributed by atoms with Gasteiger partial charge in [0.05, 0.1) is 0 Å². The summed E-state index contributed by atoms with van der Waals surface area (Å²) in [6.45, 7) is 1.77. The average Bonchev–Trinajstić information content (AvgIpc) is 2.62. The van der Waals surface area contributed by atoms with Crippen LogP contribution in [0.5, 0.6) is 0 Å². The molecule has 2 heterocycles. The van der Waals surface area contributed by atoms with E-state index in [1.54, 1.807) is 6.92 Å². The molecule has 0 amide bonds. The molecule has 0 saturated carbocycles. The van der Waals surface area contributed by atoms with Crippen LogP contribution in [0.3, 0.4) is 0 Å². The molecular formula is C8H7ClN4O. The second kappa shape index (κ2) is 3.34. The summed E-state index contributed by atoms with van der Waals surface area (Å²) in [6, 6.07) is 0. The maximum absolute atomic E-state index is 11.4. The van der Waals surface area contributed by atoms with Gasteiger partial charge in [-0.1, -0.05) is 18.5 Å². The predicted molar refractivity (Wildman–Crippen MR) is 51.3 cm³/mol. The van der Waals surface area contributed by atoms with E-state index in [-0.39, 0.29) is 11.1 Å². The lowest BCUT2D eigenvalue weighted by Gasteiger charge is -1.97. The van der Waals surface area contributed by atoms with Crippen LogP contribution >= 0.6 is 11.6 Å². The second-order valence-corrected chi connectivity index (χ2v) is 3.06. The molecule has 0 aliphatic rings. The molecule has 72 valence electrons. The van der Waals surface area contributed by atoms with Gasteiger partial charge in [0.15, 0.2) is 10.8 Å². The third-order valence-corrected chi connectivity index (χ3v) is 2.14. The zero-order valence-corrected chi connectivity index (χ0v) is 8.19. The average molecular weight is 211 g/mol. The third kappa shape index (κ3) is 1.26. The van der Waals surface area contributed by atoms with Crippen LogP contribution in [0, 0.1) is 0 Å². The van der Waals surface area contributed by atoms with Gasteiger partial charge in [-0.05, 0) is 0 Å². The van der Waals surface area contributed by atoms with E-state index in [0.29, 0.717) is 17.6 Å². The van der Waals surface area contributed by atoms with Gasteiger partial charge in [0.2, 0.25) is 5.91 Å². The molecule has 5 nitrogen and oxygen atoms in total. The van der Waals surface area contributed by atoms with Crippen molar-refractivity contribution in [3.05, 3.63) is 17.8 Å². The van der Waals surface area contributed by atoms with Crippen molar-refractivity contribution < 1.29 is 4.79 Å². The van der Waals surface area contributed by atoms with E-state index in [9.17, 15) is 4.79 Å².